The molecule has 1 aromatic heterocycles. The normalized spacial score (nSPS) is 13.0. The quantitative estimate of drug-likeness (QED) is 0.510. The van der Waals surface area contributed by atoms with Gasteiger partial charge >= 0.3 is 5.97 Å². The molecule has 2 aromatic rings. The van der Waals surface area contributed by atoms with E-state index in [1.54, 1.807) is 31.2 Å². The molecule has 1 aliphatic rings. The number of aromatic nitrogens is 1. The number of imide groups is 1. The van der Waals surface area contributed by atoms with Gasteiger partial charge in [0.2, 0.25) is 5.91 Å². The summed E-state index contributed by atoms with van der Waals surface area (Å²) in [5.74, 6) is -1.21. The second-order valence-corrected chi connectivity index (χ2v) is 8.38. The molecule has 2 heterocycles. The van der Waals surface area contributed by atoms with Gasteiger partial charge in [-0.15, -0.1) is 0 Å². The molecule has 30 heavy (non-hydrogen) atoms. The number of amides is 3. The number of ether oxygens (including phenoxy) is 1. The Kier molecular flexibility index (Phi) is 6.61. The van der Waals surface area contributed by atoms with Crippen molar-refractivity contribution >= 4 is 40.2 Å². The van der Waals surface area contributed by atoms with Crippen LogP contribution in [0, 0.1) is 12.8 Å². The molecular formula is C21H23N3O5S. The zero-order valence-corrected chi connectivity index (χ0v) is 17.9. The Morgan fingerprint density at radius 1 is 1.17 bits per heavy atom. The molecule has 0 bridgehead atoms. The summed E-state index contributed by atoms with van der Waals surface area (Å²) in [4.78, 5) is 54.7. The molecule has 3 rings (SSSR count). The van der Waals surface area contributed by atoms with Crippen molar-refractivity contribution in [3.8, 4) is 0 Å². The maximum atomic E-state index is 12.3. The average molecular weight is 429 g/mol. The van der Waals surface area contributed by atoms with Gasteiger partial charge in [-0.1, -0.05) is 37.3 Å². The van der Waals surface area contributed by atoms with Crippen molar-refractivity contribution < 1.29 is 23.9 Å². The molecule has 0 unspecified atom stereocenters. The first-order valence-electron chi connectivity index (χ1n) is 9.67. The highest BCUT2D eigenvalue weighted by Crippen LogP contribution is 2.25. The van der Waals surface area contributed by atoms with E-state index in [2.05, 4.69) is 10.3 Å². The Bertz CT molecular complexity index is 963. The van der Waals surface area contributed by atoms with Gasteiger partial charge in [-0.3, -0.25) is 19.3 Å². The van der Waals surface area contributed by atoms with Gasteiger partial charge in [0.05, 0.1) is 23.4 Å². The Morgan fingerprint density at radius 3 is 2.40 bits per heavy atom. The van der Waals surface area contributed by atoms with Crippen LogP contribution in [-0.2, 0) is 9.53 Å². The van der Waals surface area contributed by atoms with E-state index in [-0.39, 0.29) is 36.6 Å². The lowest BCUT2D eigenvalue weighted by Gasteiger charge is -2.13. The predicted octanol–water partition coefficient (Wildman–Crippen LogP) is 3.28. The number of benzene rings is 1. The van der Waals surface area contributed by atoms with E-state index >= 15 is 0 Å². The van der Waals surface area contributed by atoms with Crippen molar-refractivity contribution in [3.63, 3.8) is 0 Å². The van der Waals surface area contributed by atoms with Gasteiger partial charge in [0.15, 0.2) is 5.13 Å². The molecule has 0 aliphatic carbocycles. The third kappa shape index (κ3) is 4.73. The van der Waals surface area contributed by atoms with Crippen LogP contribution < -0.4 is 5.32 Å². The van der Waals surface area contributed by atoms with Gasteiger partial charge < -0.3 is 10.1 Å². The number of hydrogen-bond acceptors (Lipinski definition) is 7. The van der Waals surface area contributed by atoms with Gasteiger partial charge in [0, 0.05) is 13.0 Å². The molecule has 0 radical (unpaired) electrons. The lowest BCUT2D eigenvalue weighted by molar-refractivity contribution is -0.116. The highest BCUT2D eigenvalue weighted by Gasteiger charge is 2.34. The molecule has 1 aromatic carbocycles. The molecule has 0 spiro atoms. The van der Waals surface area contributed by atoms with Crippen molar-refractivity contribution in [1.82, 2.24) is 9.88 Å². The number of hydrogen-bond donors (Lipinski definition) is 1. The second-order valence-electron chi connectivity index (χ2n) is 7.39. The fourth-order valence-corrected chi connectivity index (χ4v) is 3.85. The number of nitrogens with zero attached hydrogens (tertiary/aromatic N) is 2. The minimum atomic E-state index is -0.454. The third-order valence-corrected chi connectivity index (χ3v) is 5.49. The number of nitrogens with one attached hydrogen (secondary N) is 1. The average Bonchev–Trinajstić information content (AvgIpc) is 3.18. The minimum absolute atomic E-state index is 0.110. The molecule has 1 N–H and O–H groups in total. The number of aryl methyl sites for hydroxylation is 1. The van der Waals surface area contributed by atoms with E-state index < -0.39 is 5.97 Å². The number of anilines is 1. The fourth-order valence-electron chi connectivity index (χ4n) is 2.97. The lowest BCUT2D eigenvalue weighted by Crippen LogP contribution is -2.31. The van der Waals surface area contributed by atoms with Gasteiger partial charge in [-0.05, 0) is 31.4 Å². The molecule has 0 saturated carbocycles. The van der Waals surface area contributed by atoms with Crippen LogP contribution in [0.4, 0.5) is 5.13 Å². The smallest absolute Gasteiger partial charge is 0.350 e. The first-order valence-corrected chi connectivity index (χ1v) is 10.5. The van der Waals surface area contributed by atoms with E-state index in [0.717, 1.165) is 16.2 Å². The van der Waals surface area contributed by atoms with Crippen LogP contribution in [0.5, 0.6) is 0 Å². The third-order valence-electron chi connectivity index (χ3n) is 4.44. The Hall–Kier alpha value is -3.07. The van der Waals surface area contributed by atoms with Crippen LogP contribution in [0.1, 0.15) is 62.8 Å². The molecule has 0 atom stereocenters. The maximum Gasteiger partial charge on any atom is 0.350 e. The molecule has 9 heteroatoms. The van der Waals surface area contributed by atoms with Crippen LogP contribution in [-0.4, -0.2) is 46.7 Å². The van der Waals surface area contributed by atoms with Crippen molar-refractivity contribution in [2.75, 3.05) is 18.5 Å². The lowest BCUT2D eigenvalue weighted by atomic mass is 10.1. The first kappa shape index (κ1) is 21.6. The maximum absolute atomic E-state index is 12.3. The van der Waals surface area contributed by atoms with Gasteiger partial charge in [-0.25, -0.2) is 9.78 Å². The monoisotopic (exact) mass is 429 g/mol. The summed E-state index contributed by atoms with van der Waals surface area (Å²) in [6.07, 6.45) is 0.435. The summed E-state index contributed by atoms with van der Waals surface area (Å²) in [6.45, 7) is 6.04. The second kappa shape index (κ2) is 9.17. The molecule has 158 valence electrons. The van der Waals surface area contributed by atoms with Crippen LogP contribution in [0.25, 0.3) is 0 Å². The van der Waals surface area contributed by atoms with Crippen LogP contribution in [0.15, 0.2) is 24.3 Å². The summed E-state index contributed by atoms with van der Waals surface area (Å²) >= 11 is 1.06. The van der Waals surface area contributed by atoms with Crippen molar-refractivity contribution in [3.05, 3.63) is 46.0 Å². The number of thiazole rings is 1. The van der Waals surface area contributed by atoms with Crippen molar-refractivity contribution in [1.29, 1.82) is 0 Å². The van der Waals surface area contributed by atoms with E-state index in [0.29, 0.717) is 39.9 Å². The number of fused-ring (bicyclic) bond motifs is 1. The first-order chi connectivity index (χ1) is 14.3. The van der Waals surface area contributed by atoms with Crippen molar-refractivity contribution in [2.24, 2.45) is 5.92 Å². The number of carbonyl (C=O) groups is 4. The summed E-state index contributed by atoms with van der Waals surface area (Å²) in [7, 11) is 0. The van der Waals surface area contributed by atoms with E-state index in [9.17, 15) is 19.2 Å². The predicted molar refractivity (Wildman–Crippen MR) is 112 cm³/mol. The molecule has 0 saturated heterocycles. The Morgan fingerprint density at radius 2 is 1.80 bits per heavy atom. The van der Waals surface area contributed by atoms with Gasteiger partial charge in [0.25, 0.3) is 11.8 Å². The molecule has 8 nitrogen and oxygen atoms in total. The largest absolute Gasteiger partial charge is 0.461 e. The number of esters is 1. The summed E-state index contributed by atoms with van der Waals surface area (Å²) < 4.78 is 5.21. The van der Waals surface area contributed by atoms with Crippen molar-refractivity contribution in [2.45, 2.75) is 33.6 Å². The molecular weight excluding hydrogens is 406 g/mol. The fraction of sp³-hybridized carbons (Fsp3) is 0.381. The van der Waals surface area contributed by atoms with Crippen LogP contribution >= 0.6 is 11.3 Å². The standard InChI is InChI=1S/C21H23N3O5S/c1-12(2)11-29-20(28)17-13(3)22-21(30-17)23-16(25)9-6-10-24-18(26)14-7-4-5-8-15(14)19(24)27/h4-5,7-8,12H,6,9-11H2,1-3H3,(H,22,23,25). The minimum Gasteiger partial charge on any atom is -0.461 e. The summed E-state index contributed by atoms with van der Waals surface area (Å²) in [5, 5.41) is 2.97. The number of rotatable bonds is 8. The summed E-state index contributed by atoms with van der Waals surface area (Å²) in [5.41, 5.74) is 1.28. The molecule has 3 amide bonds. The highest BCUT2D eigenvalue weighted by atomic mass is 32.1. The van der Waals surface area contributed by atoms with E-state index in [4.69, 9.17) is 4.74 Å². The number of carbonyl (C=O) groups excluding carboxylic acids is 4. The Labute approximate surface area is 178 Å². The molecule has 0 fully saturated rings. The Balaban J connectivity index is 1.50. The zero-order valence-electron chi connectivity index (χ0n) is 17.1. The van der Waals surface area contributed by atoms with Crippen LogP contribution in [0.2, 0.25) is 0 Å². The SMILES string of the molecule is Cc1nc(NC(=O)CCCN2C(=O)c3ccccc3C2=O)sc1C(=O)OCC(C)C. The van der Waals surface area contributed by atoms with Crippen LogP contribution in [0.3, 0.4) is 0 Å². The van der Waals surface area contributed by atoms with E-state index in [1.807, 2.05) is 13.8 Å². The summed E-state index contributed by atoms with van der Waals surface area (Å²) in [6, 6.07) is 6.67. The van der Waals surface area contributed by atoms with E-state index in [1.165, 1.54) is 0 Å². The zero-order chi connectivity index (χ0) is 21.8. The molecule has 1 aliphatic heterocycles. The van der Waals surface area contributed by atoms with Gasteiger partial charge in [0.1, 0.15) is 4.88 Å². The highest BCUT2D eigenvalue weighted by molar-refractivity contribution is 7.17. The van der Waals surface area contributed by atoms with Gasteiger partial charge in [-0.2, -0.15) is 0 Å². The topological polar surface area (TPSA) is 106 Å².